The average molecular weight is 726 g/mol. The monoisotopic (exact) mass is 725 g/mol. The molecule has 6 aliphatic carbocycles. The first-order valence-corrected chi connectivity index (χ1v) is 18.7. The molecule has 11 nitrogen and oxygen atoms in total. The van der Waals surface area contributed by atoms with Crippen molar-refractivity contribution in [2.75, 3.05) is 45.9 Å². The van der Waals surface area contributed by atoms with Gasteiger partial charge in [-0.25, -0.2) is 17.6 Å². The number of unbranched alkanes of at least 4 members (excludes halogenated alkanes) is 2. The molecule has 1 atom stereocenters. The summed E-state index contributed by atoms with van der Waals surface area (Å²) < 4.78 is 65.9. The Morgan fingerprint density at radius 2 is 1.12 bits per heavy atom. The molecule has 2 aliphatic heterocycles. The number of halogens is 4. The molecule has 2 amide bonds. The van der Waals surface area contributed by atoms with Gasteiger partial charge in [0.05, 0.1) is 56.3 Å². The van der Waals surface area contributed by atoms with Gasteiger partial charge < -0.3 is 29.9 Å². The van der Waals surface area contributed by atoms with Gasteiger partial charge in [0.25, 0.3) is 11.8 Å². The van der Waals surface area contributed by atoms with Gasteiger partial charge in [-0.3, -0.25) is 19.2 Å². The van der Waals surface area contributed by atoms with Gasteiger partial charge in [0, 0.05) is 30.5 Å². The average Bonchev–Trinajstić information content (AvgIpc) is 3.67. The summed E-state index contributed by atoms with van der Waals surface area (Å²) in [7, 11) is 0. The van der Waals surface area contributed by atoms with Crippen molar-refractivity contribution in [2.45, 2.75) is 138 Å². The summed E-state index contributed by atoms with van der Waals surface area (Å²) in [5.41, 5.74) is -1.62. The highest BCUT2D eigenvalue weighted by Crippen LogP contribution is 2.54. The van der Waals surface area contributed by atoms with Gasteiger partial charge in [-0.1, -0.05) is 0 Å². The summed E-state index contributed by atoms with van der Waals surface area (Å²) in [5.74, 6) is -7.04. The molecule has 2 saturated heterocycles. The lowest BCUT2D eigenvalue weighted by atomic mass is 9.57. The Morgan fingerprint density at radius 3 is 1.55 bits per heavy atom. The molecule has 1 unspecified atom stereocenters. The number of amides is 2. The number of fused-ring (bicyclic) bond motifs is 6. The molecule has 8 rings (SSSR count). The molecule has 8 fully saturated rings. The number of carbonyl (C=O) groups excluding carboxylic acids is 4. The van der Waals surface area contributed by atoms with Crippen LogP contribution in [0.4, 0.5) is 17.6 Å². The molecule has 51 heavy (non-hydrogen) atoms. The van der Waals surface area contributed by atoms with Crippen LogP contribution in [0, 0.1) is 22.2 Å². The highest BCUT2D eigenvalue weighted by Gasteiger charge is 2.55. The molecule has 0 aromatic heterocycles. The molecule has 2 N–H and O–H groups in total. The molecule has 15 heteroatoms. The third-order valence-electron chi connectivity index (χ3n) is 13.1. The molecule has 284 valence electrons. The van der Waals surface area contributed by atoms with Crippen LogP contribution in [0.15, 0.2) is 0 Å². The predicted octanol–water partition coefficient (Wildman–Crippen LogP) is 4.24. The zero-order valence-electron chi connectivity index (χ0n) is 29.4. The van der Waals surface area contributed by atoms with Crippen LogP contribution in [-0.4, -0.2) is 108 Å². The van der Waals surface area contributed by atoms with Gasteiger partial charge in [0.2, 0.25) is 11.8 Å². The molecule has 0 spiro atoms. The largest absolute Gasteiger partial charge is 0.465 e. The van der Waals surface area contributed by atoms with Crippen LogP contribution in [0.2, 0.25) is 0 Å². The Balaban J connectivity index is 0.826. The molecule has 8 aliphatic rings. The van der Waals surface area contributed by atoms with E-state index in [0.29, 0.717) is 77.2 Å². The highest BCUT2D eigenvalue weighted by molar-refractivity contribution is 5.80. The fraction of sp³-hybridized carbons (Fsp3) is 0.861. The van der Waals surface area contributed by atoms with Crippen LogP contribution in [0.5, 0.6) is 0 Å². The van der Waals surface area contributed by atoms with E-state index in [4.69, 9.17) is 9.47 Å². The molecule has 6 saturated carbocycles. The van der Waals surface area contributed by atoms with Crippen LogP contribution in [-0.2, 0) is 28.7 Å². The number of ether oxygens (including phenoxy) is 2. The van der Waals surface area contributed by atoms with Crippen molar-refractivity contribution in [3.05, 3.63) is 0 Å². The zero-order chi connectivity index (χ0) is 36.5. The van der Waals surface area contributed by atoms with E-state index in [1.54, 1.807) is 6.07 Å². The number of carbonyl (C=O) groups is 4. The maximum Gasteiger partial charge on any atom is 0.312 e. The number of nitriles is 1. The van der Waals surface area contributed by atoms with Gasteiger partial charge in [-0.05, 0) is 96.3 Å². The highest BCUT2D eigenvalue weighted by atomic mass is 19.3. The van der Waals surface area contributed by atoms with Crippen molar-refractivity contribution in [2.24, 2.45) is 10.8 Å². The van der Waals surface area contributed by atoms with Crippen molar-refractivity contribution in [3.63, 3.8) is 0 Å². The zero-order valence-corrected chi connectivity index (χ0v) is 29.4. The maximum absolute atomic E-state index is 13.8. The molecule has 2 heterocycles. The molecule has 0 aromatic carbocycles. The van der Waals surface area contributed by atoms with Crippen molar-refractivity contribution >= 4 is 23.8 Å². The van der Waals surface area contributed by atoms with Crippen LogP contribution >= 0.6 is 0 Å². The fourth-order valence-corrected chi connectivity index (χ4v) is 9.41. The fourth-order valence-electron chi connectivity index (χ4n) is 9.41. The number of alkyl halides is 4. The third kappa shape index (κ3) is 8.16. The quantitative estimate of drug-likeness (QED) is 0.153. The van der Waals surface area contributed by atoms with E-state index in [1.807, 2.05) is 0 Å². The topological polar surface area (TPSA) is 141 Å². The number of hydrogen-bond donors (Lipinski definition) is 2. The van der Waals surface area contributed by atoms with Crippen LogP contribution < -0.4 is 10.6 Å². The minimum atomic E-state index is -3.05. The summed E-state index contributed by atoms with van der Waals surface area (Å²) in [6.45, 7) is -0.668. The summed E-state index contributed by atoms with van der Waals surface area (Å²) >= 11 is 0. The lowest BCUT2D eigenvalue weighted by Gasteiger charge is -2.52. The number of esters is 2. The number of nitrogens with one attached hydrogen (secondary N) is 2. The van der Waals surface area contributed by atoms with Gasteiger partial charge >= 0.3 is 11.9 Å². The second kappa shape index (κ2) is 14.4. The third-order valence-corrected chi connectivity index (χ3v) is 13.1. The van der Waals surface area contributed by atoms with E-state index in [0.717, 1.165) is 30.6 Å². The SMILES string of the molecule is N#CC1CC(F)(F)CN1C(=O)CNC12CCC(C(=O)OCCCCCOC(=O)C34CCC(NCC(=O)N5CCC(F)(F)C5)(CC3)CC4)(CC1)CC2. The molecule has 4 bridgehead atoms. The second-order valence-electron chi connectivity index (χ2n) is 16.3. The normalized spacial score (nSPS) is 34.7. The molecular weight excluding hydrogens is 674 g/mol. The molecular formula is C36H51F4N5O6. The second-order valence-corrected chi connectivity index (χ2v) is 16.3. The van der Waals surface area contributed by atoms with Crippen LogP contribution in [0.25, 0.3) is 0 Å². The minimum Gasteiger partial charge on any atom is -0.465 e. The van der Waals surface area contributed by atoms with E-state index in [2.05, 4.69) is 10.6 Å². The van der Waals surface area contributed by atoms with E-state index >= 15 is 0 Å². The van der Waals surface area contributed by atoms with Crippen molar-refractivity contribution < 1.29 is 46.2 Å². The first kappa shape index (κ1) is 37.8. The Bertz CT molecular complexity index is 1350. The van der Waals surface area contributed by atoms with E-state index in [1.165, 1.54) is 4.90 Å². The minimum absolute atomic E-state index is 0.0329. The van der Waals surface area contributed by atoms with Crippen molar-refractivity contribution in [3.8, 4) is 6.07 Å². The number of hydrogen-bond acceptors (Lipinski definition) is 9. The molecule has 0 aromatic rings. The summed E-state index contributed by atoms with van der Waals surface area (Å²) in [5, 5.41) is 15.8. The lowest BCUT2D eigenvalue weighted by Crippen LogP contribution is -2.59. The number of likely N-dealkylation sites (tertiary alicyclic amines) is 2. The van der Waals surface area contributed by atoms with E-state index in [9.17, 15) is 42.0 Å². The van der Waals surface area contributed by atoms with Gasteiger partial charge in [-0.2, -0.15) is 5.26 Å². The summed E-state index contributed by atoms with van der Waals surface area (Å²) in [6.07, 6.45) is 9.27. The summed E-state index contributed by atoms with van der Waals surface area (Å²) in [4.78, 5) is 53.6. The summed E-state index contributed by atoms with van der Waals surface area (Å²) in [6, 6.07) is 0.688. The Morgan fingerprint density at radius 1 is 0.647 bits per heavy atom. The van der Waals surface area contributed by atoms with Crippen LogP contribution in [0.3, 0.4) is 0 Å². The van der Waals surface area contributed by atoms with Gasteiger partial charge in [0.1, 0.15) is 6.04 Å². The van der Waals surface area contributed by atoms with Crippen molar-refractivity contribution in [1.29, 1.82) is 5.26 Å². The predicted molar refractivity (Wildman–Crippen MR) is 174 cm³/mol. The van der Waals surface area contributed by atoms with Gasteiger partial charge in [-0.15, -0.1) is 0 Å². The Hall–Kier alpha value is -2.99. The first-order valence-electron chi connectivity index (χ1n) is 18.7. The maximum atomic E-state index is 13.8. The molecule has 0 radical (unpaired) electrons. The van der Waals surface area contributed by atoms with Gasteiger partial charge in [0.15, 0.2) is 0 Å². The number of rotatable bonds is 14. The van der Waals surface area contributed by atoms with E-state index < -0.39 is 54.1 Å². The smallest absolute Gasteiger partial charge is 0.312 e. The lowest BCUT2D eigenvalue weighted by molar-refractivity contribution is -0.164. The number of nitrogens with zero attached hydrogens (tertiary/aromatic N) is 3. The van der Waals surface area contributed by atoms with Crippen molar-refractivity contribution in [1.82, 2.24) is 20.4 Å². The van der Waals surface area contributed by atoms with E-state index in [-0.39, 0.29) is 61.6 Å². The van der Waals surface area contributed by atoms with Crippen LogP contribution in [0.1, 0.15) is 109 Å². The first-order chi connectivity index (χ1) is 24.1. The standard InChI is InChI=1S/C36H51F4N5O6/c37-35(38)16-17-44(24-35)27(46)22-42-33-10-4-31(5-11-33,6-12-33)29(48)50-18-2-1-3-19-51-30(49)32-7-13-34(14-8-32,15-9-32)43-23-28(47)45-25-36(39,40)20-26(45)21-41/h26,42-43H,1-20,22-25H2. The Labute approximate surface area is 296 Å². The Kier molecular flexibility index (Phi) is 10.7.